The molecule has 0 atom stereocenters. The zero-order valence-electron chi connectivity index (χ0n) is 9.00. The second kappa shape index (κ2) is 4.38. The summed E-state index contributed by atoms with van der Waals surface area (Å²) in [4.78, 5) is 11.2. The largest absolute Gasteiger partial charge is 0.435 e. The van der Waals surface area contributed by atoms with Crippen molar-refractivity contribution in [2.24, 2.45) is 5.92 Å². The van der Waals surface area contributed by atoms with Crippen LogP contribution in [0.25, 0.3) is 0 Å². The molecule has 1 aliphatic rings. The summed E-state index contributed by atoms with van der Waals surface area (Å²) in [6, 6.07) is 0.919. The van der Waals surface area contributed by atoms with E-state index in [-0.39, 0.29) is 18.4 Å². The predicted octanol–water partition coefficient (Wildman–Crippen LogP) is 1.43. The van der Waals surface area contributed by atoms with Gasteiger partial charge in [-0.1, -0.05) is 0 Å². The van der Waals surface area contributed by atoms with Gasteiger partial charge in [-0.15, -0.1) is 0 Å². The zero-order chi connectivity index (χ0) is 12.5. The highest BCUT2D eigenvalue weighted by Gasteiger charge is 2.33. The van der Waals surface area contributed by atoms with E-state index in [0.29, 0.717) is 6.54 Å². The highest BCUT2D eigenvalue weighted by atomic mass is 19.4. The Morgan fingerprint density at radius 2 is 2.24 bits per heavy atom. The molecule has 1 heterocycles. The van der Waals surface area contributed by atoms with Crippen LogP contribution in [-0.2, 0) is 17.5 Å². The van der Waals surface area contributed by atoms with Gasteiger partial charge in [0.15, 0.2) is 5.69 Å². The number of rotatable bonds is 4. The Labute approximate surface area is 95.8 Å². The number of aromatic nitrogens is 2. The lowest BCUT2D eigenvalue weighted by atomic mass is 10.4. The van der Waals surface area contributed by atoms with Crippen LogP contribution < -0.4 is 5.32 Å². The van der Waals surface area contributed by atoms with Crippen LogP contribution in [0.4, 0.5) is 13.2 Å². The number of nitrogens with one attached hydrogen (secondary N) is 1. The van der Waals surface area contributed by atoms with Crippen molar-refractivity contribution in [1.82, 2.24) is 15.1 Å². The van der Waals surface area contributed by atoms with E-state index in [1.54, 1.807) is 0 Å². The minimum Gasteiger partial charge on any atom is -0.354 e. The maximum Gasteiger partial charge on any atom is 0.435 e. The van der Waals surface area contributed by atoms with Crippen LogP contribution in [0.2, 0.25) is 0 Å². The molecular formula is C10H12F3N3O. The standard InChI is InChI=1S/C10H12F3N3O/c11-10(12,13)8-3-5-16(15-8)6-4-14-9(17)7-1-2-7/h3,5,7H,1-2,4,6H2,(H,14,17). The Kier molecular flexibility index (Phi) is 3.08. The molecule has 0 spiro atoms. The number of amides is 1. The summed E-state index contributed by atoms with van der Waals surface area (Å²) in [7, 11) is 0. The van der Waals surface area contributed by atoms with Crippen molar-refractivity contribution < 1.29 is 18.0 Å². The summed E-state index contributed by atoms with van der Waals surface area (Å²) >= 11 is 0. The first kappa shape index (κ1) is 11.9. The van der Waals surface area contributed by atoms with Crippen LogP contribution in [-0.4, -0.2) is 22.2 Å². The molecule has 0 unspecified atom stereocenters. The van der Waals surface area contributed by atoms with Crippen LogP contribution >= 0.6 is 0 Å². The number of hydrogen-bond acceptors (Lipinski definition) is 2. The smallest absolute Gasteiger partial charge is 0.354 e. The molecule has 1 N–H and O–H groups in total. The zero-order valence-corrected chi connectivity index (χ0v) is 9.00. The first-order valence-corrected chi connectivity index (χ1v) is 5.35. The molecule has 1 aromatic heterocycles. The van der Waals surface area contributed by atoms with Crippen molar-refractivity contribution in [2.75, 3.05) is 6.54 Å². The van der Waals surface area contributed by atoms with Gasteiger partial charge in [-0.25, -0.2) is 0 Å². The van der Waals surface area contributed by atoms with E-state index in [9.17, 15) is 18.0 Å². The van der Waals surface area contributed by atoms with Crippen molar-refractivity contribution in [3.8, 4) is 0 Å². The fourth-order valence-corrected chi connectivity index (χ4v) is 1.42. The molecule has 0 aliphatic heterocycles. The fourth-order valence-electron chi connectivity index (χ4n) is 1.42. The van der Waals surface area contributed by atoms with Crippen LogP contribution in [0.1, 0.15) is 18.5 Å². The van der Waals surface area contributed by atoms with Gasteiger partial charge in [0, 0.05) is 18.7 Å². The van der Waals surface area contributed by atoms with Gasteiger partial charge in [0.1, 0.15) is 0 Å². The molecular weight excluding hydrogens is 235 g/mol. The van der Waals surface area contributed by atoms with E-state index in [0.717, 1.165) is 18.9 Å². The lowest BCUT2D eigenvalue weighted by molar-refractivity contribution is -0.141. The Morgan fingerprint density at radius 3 is 2.76 bits per heavy atom. The second-order valence-corrected chi connectivity index (χ2v) is 4.03. The minimum atomic E-state index is -4.41. The number of hydrogen-bond donors (Lipinski definition) is 1. The van der Waals surface area contributed by atoms with Gasteiger partial charge >= 0.3 is 6.18 Å². The lowest BCUT2D eigenvalue weighted by Gasteiger charge is -2.04. The molecule has 94 valence electrons. The number of nitrogens with zero attached hydrogens (tertiary/aromatic N) is 2. The summed E-state index contributed by atoms with van der Waals surface area (Å²) in [6.45, 7) is 0.544. The number of carbonyl (C=O) groups is 1. The quantitative estimate of drug-likeness (QED) is 0.874. The van der Waals surface area contributed by atoms with E-state index in [2.05, 4.69) is 10.4 Å². The average molecular weight is 247 g/mol. The molecule has 7 heteroatoms. The second-order valence-electron chi connectivity index (χ2n) is 4.03. The summed E-state index contributed by atoms with van der Waals surface area (Å²) in [5.41, 5.74) is -0.911. The van der Waals surface area contributed by atoms with Crippen molar-refractivity contribution in [3.05, 3.63) is 18.0 Å². The Morgan fingerprint density at radius 1 is 1.53 bits per heavy atom. The van der Waals surface area contributed by atoms with Gasteiger partial charge in [0.2, 0.25) is 5.91 Å². The van der Waals surface area contributed by atoms with Gasteiger partial charge in [-0.3, -0.25) is 9.48 Å². The SMILES string of the molecule is O=C(NCCn1ccc(C(F)(F)F)n1)C1CC1. The average Bonchev–Trinajstić information content (AvgIpc) is 2.97. The third-order valence-corrected chi connectivity index (χ3v) is 2.52. The first-order chi connectivity index (χ1) is 7.97. The van der Waals surface area contributed by atoms with Gasteiger partial charge in [0.25, 0.3) is 0 Å². The molecule has 0 saturated heterocycles. The molecule has 1 fully saturated rings. The minimum absolute atomic E-state index is 0.0202. The number of carbonyl (C=O) groups excluding carboxylic acids is 1. The van der Waals surface area contributed by atoms with Crippen molar-refractivity contribution in [2.45, 2.75) is 25.6 Å². The Hall–Kier alpha value is -1.53. The molecule has 17 heavy (non-hydrogen) atoms. The molecule has 2 rings (SSSR count). The van der Waals surface area contributed by atoms with Crippen LogP contribution in [0.3, 0.4) is 0 Å². The van der Waals surface area contributed by atoms with Crippen LogP contribution in [0.15, 0.2) is 12.3 Å². The third kappa shape index (κ3) is 3.21. The van der Waals surface area contributed by atoms with Crippen molar-refractivity contribution in [1.29, 1.82) is 0 Å². The highest BCUT2D eigenvalue weighted by Crippen LogP contribution is 2.28. The van der Waals surface area contributed by atoms with Crippen molar-refractivity contribution in [3.63, 3.8) is 0 Å². The molecule has 0 aromatic carbocycles. The van der Waals surface area contributed by atoms with Crippen LogP contribution in [0.5, 0.6) is 0 Å². The van der Waals surface area contributed by atoms with E-state index >= 15 is 0 Å². The van der Waals surface area contributed by atoms with E-state index in [1.165, 1.54) is 10.9 Å². The molecule has 4 nitrogen and oxygen atoms in total. The van der Waals surface area contributed by atoms with E-state index < -0.39 is 11.9 Å². The van der Waals surface area contributed by atoms with E-state index in [4.69, 9.17) is 0 Å². The maximum absolute atomic E-state index is 12.2. The van der Waals surface area contributed by atoms with Gasteiger partial charge in [-0.2, -0.15) is 18.3 Å². The van der Waals surface area contributed by atoms with Gasteiger partial charge in [0.05, 0.1) is 6.54 Å². The monoisotopic (exact) mass is 247 g/mol. The summed E-state index contributed by atoms with van der Waals surface area (Å²) in [5, 5.41) is 6.04. The molecule has 0 radical (unpaired) electrons. The number of alkyl halides is 3. The maximum atomic E-state index is 12.2. The van der Waals surface area contributed by atoms with Crippen molar-refractivity contribution >= 4 is 5.91 Å². The predicted molar refractivity (Wildman–Crippen MR) is 53.0 cm³/mol. The molecule has 0 bridgehead atoms. The fraction of sp³-hybridized carbons (Fsp3) is 0.600. The Bertz CT molecular complexity index is 409. The first-order valence-electron chi connectivity index (χ1n) is 5.35. The number of halogens is 3. The topological polar surface area (TPSA) is 46.9 Å². The molecule has 1 amide bonds. The molecule has 1 aromatic rings. The van der Waals surface area contributed by atoms with Gasteiger partial charge in [-0.05, 0) is 18.9 Å². The van der Waals surface area contributed by atoms with E-state index in [1.807, 2.05) is 0 Å². The highest BCUT2D eigenvalue weighted by molar-refractivity contribution is 5.80. The van der Waals surface area contributed by atoms with Crippen LogP contribution in [0, 0.1) is 5.92 Å². The van der Waals surface area contributed by atoms with Gasteiger partial charge < -0.3 is 5.32 Å². The third-order valence-electron chi connectivity index (χ3n) is 2.52. The summed E-state index contributed by atoms with van der Waals surface area (Å²) < 4.78 is 37.8. The summed E-state index contributed by atoms with van der Waals surface area (Å²) in [5.74, 6) is 0.0894. The Balaban J connectivity index is 1.79. The molecule has 1 saturated carbocycles. The normalized spacial score (nSPS) is 15.9. The molecule has 1 aliphatic carbocycles. The summed E-state index contributed by atoms with van der Waals surface area (Å²) in [6.07, 6.45) is -1.34. The lowest BCUT2D eigenvalue weighted by Crippen LogP contribution is -2.28.